The maximum Gasteiger partial charge on any atom is 0.155 e. The number of methoxy groups -OCH3 is 1. The van der Waals surface area contributed by atoms with Crippen molar-refractivity contribution in [2.45, 2.75) is 18.8 Å². The number of piperazine rings is 1. The van der Waals surface area contributed by atoms with Crippen LogP contribution in [0.4, 0.5) is 10.1 Å². The Morgan fingerprint density at radius 1 is 1.21 bits per heavy atom. The molecule has 3 aromatic heterocycles. The third kappa shape index (κ3) is 4.60. The Morgan fingerprint density at radius 2 is 2.09 bits per heavy atom. The lowest BCUT2D eigenvalue weighted by atomic mass is 10.0. The van der Waals surface area contributed by atoms with Crippen molar-refractivity contribution in [2.75, 3.05) is 31.6 Å². The van der Waals surface area contributed by atoms with Crippen molar-refractivity contribution in [1.29, 1.82) is 0 Å². The van der Waals surface area contributed by atoms with Gasteiger partial charge in [0.25, 0.3) is 0 Å². The van der Waals surface area contributed by atoms with Gasteiger partial charge < -0.3 is 20.1 Å². The van der Waals surface area contributed by atoms with Crippen LogP contribution in [-0.4, -0.2) is 64.3 Å². The largest absolute Gasteiger partial charge is 0.368 e. The van der Waals surface area contributed by atoms with Gasteiger partial charge >= 0.3 is 0 Å². The van der Waals surface area contributed by atoms with Crippen LogP contribution in [0, 0.1) is 5.82 Å². The minimum atomic E-state index is -0.801. The van der Waals surface area contributed by atoms with E-state index in [1.165, 1.54) is 19.2 Å². The Labute approximate surface area is 200 Å². The summed E-state index contributed by atoms with van der Waals surface area (Å²) < 4.78 is 19.5. The summed E-state index contributed by atoms with van der Waals surface area (Å²) in [5.41, 5.74) is 4.59. The minimum absolute atomic E-state index is 0.0970. The van der Waals surface area contributed by atoms with Gasteiger partial charge in [-0.3, -0.25) is 10.1 Å². The molecule has 8 nitrogen and oxygen atoms in total. The van der Waals surface area contributed by atoms with Gasteiger partial charge in [0.2, 0.25) is 0 Å². The second kappa shape index (κ2) is 9.63. The number of rotatable bonds is 6. The molecule has 0 amide bonds. The monoisotopic (exact) mass is 482 g/mol. The number of aliphatic hydroxyl groups excluding tert-OH is 1. The number of H-pyrrole nitrogens is 1. The number of ether oxygens (including phenoxy) is 1. The zero-order chi connectivity index (χ0) is 23.7. The maximum absolute atomic E-state index is 14.5. The van der Waals surface area contributed by atoms with Crippen LogP contribution in [0.1, 0.15) is 6.42 Å². The highest BCUT2D eigenvalue weighted by Gasteiger charge is 2.23. The van der Waals surface area contributed by atoms with Gasteiger partial charge in [0.15, 0.2) is 6.29 Å². The average Bonchev–Trinajstić information content (AvgIpc) is 3.34. The van der Waals surface area contributed by atoms with Crippen LogP contribution >= 0.6 is 11.6 Å². The van der Waals surface area contributed by atoms with Crippen molar-refractivity contribution in [3.63, 3.8) is 0 Å². The fourth-order valence-electron chi connectivity index (χ4n) is 4.25. The van der Waals surface area contributed by atoms with E-state index in [4.69, 9.17) is 21.3 Å². The molecule has 34 heavy (non-hydrogen) atoms. The van der Waals surface area contributed by atoms with Crippen LogP contribution < -0.4 is 10.2 Å². The van der Waals surface area contributed by atoms with Gasteiger partial charge in [-0.15, -0.1) is 0 Å². The average molecular weight is 483 g/mol. The van der Waals surface area contributed by atoms with E-state index in [9.17, 15) is 9.50 Å². The second-order valence-corrected chi connectivity index (χ2v) is 8.67. The smallest absolute Gasteiger partial charge is 0.155 e. The Morgan fingerprint density at radius 3 is 2.94 bits per heavy atom. The molecule has 1 aliphatic heterocycles. The molecule has 2 unspecified atom stereocenters. The zero-order valence-electron chi connectivity index (χ0n) is 18.5. The molecule has 0 spiro atoms. The standard InChI is InChI=1S/C24H24ClFN6O2/c1-34-23(33)9-15-13-32(7-6-27-15)16-10-22-21(28-11-16)5-4-20(30-22)18-12-29-31-24(18)17-8-14(25)2-3-19(17)26/h2-5,8,10-12,15,23,27,33H,6-7,9,13H2,1H3,(H,29,31). The number of halogens is 2. The molecule has 0 saturated carbocycles. The molecule has 3 N–H and O–H groups in total. The number of aliphatic hydroxyl groups is 1. The van der Waals surface area contributed by atoms with Gasteiger partial charge in [-0.2, -0.15) is 5.10 Å². The third-order valence-electron chi connectivity index (χ3n) is 6.01. The van der Waals surface area contributed by atoms with Gasteiger partial charge in [-0.25, -0.2) is 9.37 Å². The number of hydrogen-bond acceptors (Lipinski definition) is 7. The first-order valence-corrected chi connectivity index (χ1v) is 11.3. The summed E-state index contributed by atoms with van der Waals surface area (Å²) in [6, 6.07) is 10.2. The van der Waals surface area contributed by atoms with Crippen molar-refractivity contribution in [3.05, 3.63) is 59.6 Å². The number of anilines is 1. The van der Waals surface area contributed by atoms with E-state index in [0.29, 0.717) is 40.5 Å². The Hall–Kier alpha value is -3.11. The van der Waals surface area contributed by atoms with Crippen LogP contribution in [0.2, 0.25) is 5.02 Å². The first-order valence-electron chi connectivity index (χ1n) is 11.0. The van der Waals surface area contributed by atoms with Crippen LogP contribution in [0.5, 0.6) is 0 Å². The first-order chi connectivity index (χ1) is 16.5. The molecule has 1 saturated heterocycles. The molecule has 176 valence electrons. The number of nitrogens with zero attached hydrogens (tertiary/aromatic N) is 4. The number of aromatic amines is 1. The predicted molar refractivity (Wildman–Crippen MR) is 129 cm³/mol. The van der Waals surface area contributed by atoms with Crippen molar-refractivity contribution < 1.29 is 14.2 Å². The summed E-state index contributed by atoms with van der Waals surface area (Å²) in [4.78, 5) is 11.6. The molecule has 0 aliphatic carbocycles. The van der Waals surface area contributed by atoms with Gasteiger partial charge in [0, 0.05) is 55.4 Å². The number of nitrogens with one attached hydrogen (secondary N) is 2. The summed E-state index contributed by atoms with van der Waals surface area (Å²) in [5, 5.41) is 20.7. The summed E-state index contributed by atoms with van der Waals surface area (Å²) in [6.45, 7) is 2.32. The Balaban J connectivity index is 1.46. The molecule has 1 fully saturated rings. The lowest BCUT2D eigenvalue weighted by molar-refractivity contribution is -0.0833. The molecule has 4 aromatic rings. The predicted octanol–water partition coefficient (Wildman–Crippen LogP) is 3.61. The molecule has 0 radical (unpaired) electrons. The number of fused-ring (bicyclic) bond motifs is 1. The number of aromatic nitrogens is 4. The summed E-state index contributed by atoms with van der Waals surface area (Å²) >= 11 is 6.09. The first kappa shape index (κ1) is 22.7. The lowest BCUT2D eigenvalue weighted by Crippen LogP contribution is -2.52. The second-order valence-electron chi connectivity index (χ2n) is 8.23. The molecule has 2 atom stereocenters. The van der Waals surface area contributed by atoms with E-state index in [0.717, 1.165) is 29.8 Å². The molecular weight excluding hydrogens is 459 g/mol. The number of hydrogen-bond donors (Lipinski definition) is 3. The van der Waals surface area contributed by atoms with E-state index in [-0.39, 0.29) is 6.04 Å². The van der Waals surface area contributed by atoms with E-state index in [2.05, 4.69) is 25.4 Å². The summed E-state index contributed by atoms with van der Waals surface area (Å²) in [7, 11) is 1.49. The highest BCUT2D eigenvalue weighted by molar-refractivity contribution is 6.30. The van der Waals surface area contributed by atoms with E-state index >= 15 is 0 Å². The summed E-state index contributed by atoms with van der Waals surface area (Å²) in [5.74, 6) is -0.397. The van der Waals surface area contributed by atoms with Gasteiger partial charge in [0.05, 0.1) is 40.5 Å². The number of benzene rings is 1. The van der Waals surface area contributed by atoms with Crippen molar-refractivity contribution in [1.82, 2.24) is 25.5 Å². The van der Waals surface area contributed by atoms with Crippen molar-refractivity contribution in [2.24, 2.45) is 0 Å². The fourth-order valence-corrected chi connectivity index (χ4v) is 4.42. The van der Waals surface area contributed by atoms with E-state index < -0.39 is 12.1 Å². The Kier molecular flexibility index (Phi) is 6.42. The van der Waals surface area contributed by atoms with Gasteiger partial charge in [-0.05, 0) is 36.4 Å². The third-order valence-corrected chi connectivity index (χ3v) is 6.25. The fraction of sp³-hybridized carbons (Fsp3) is 0.292. The molecule has 1 aliphatic rings. The zero-order valence-corrected chi connectivity index (χ0v) is 19.3. The normalized spacial score (nSPS) is 17.3. The SMILES string of the molecule is COC(O)CC1CN(c2cnc3ccc(-c4cn[nH]c4-c4cc(Cl)ccc4F)nc3c2)CCN1. The topological polar surface area (TPSA) is 99.2 Å². The molecule has 10 heteroatoms. The molecule has 1 aromatic carbocycles. The van der Waals surface area contributed by atoms with Gasteiger partial charge in [-0.1, -0.05) is 11.6 Å². The van der Waals surface area contributed by atoms with Crippen molar-refractivity contribution >= 4 is 28.3 Å². The summed E-state index contributed by atoms with van der Waals surface area (Å²) in [6.07, 6.45) is 3.16. The minimum Gasteiger partial charge on any atom is -0.368 e. The van der Waals surface area contributed by atoms with Crippen LogP contribution in [0.3, 0.4) is 0 Å². The lowest BCUT2D eigenvalue weighted by Gasteiger charge is -2.35. The van der Waals surface area contributed by atoms with Crippen LogP contribution in [0.25, 0.3) is 33.5 Å². The Bertz CT molecular complexity index is 1320. The van der Waals surface area contributed by atoms with E-state index in [1.807, 2.05) is 24.4 Å². The number of pyridine rings is 2. The van der Waals surface area contributed by atoms with E-state index in [1.54, 1.807) is 12.3 Å². The van der Waals surface area contributed by atoms with Crippen LogP contribution in [-0.2, 0) is 4.74 Å². The quantitative estimate of drug-likeness (QED) is 0.361. The highest BCUT2D eigenvalue weighted by Crippen LogP contribution is 2.33. The molecule has 4 heterocycles. The maximum atomic E-state index is 14.5. The highest BCUT2D eigenvalue weighted by atomic mass is 35.5. The van der Waals surface area contributed by atoms with Crippen molar-refractivity contribution in [3.8, 4) is 22.5 Å². The molecule has 5 rings (SSSR count). The van der Waals surface area contributed by atoms with Crippen LogP contribution in [0.15, 0.2) is 48.8 Å². The molecule has 0 bridgehead atoms. The molecular formula is C24H24ClFN6O2. The van der Waals surface area contributed by atoms with Gasteiger partial charge in [0.1, 0.15) is 5.82 Å².